The molecule has 1 saturated heterocycles. The predicted octanol–water partition coefficient (Wildman–Crippen LogP) is 2.72. The summed E-state index contributed by atoms with van der Waals surface area (Å²) < 4.78 is 6.04. The molecule has 0 amide bonds. The number of rotatable bonds is 2. The molecule has 1 N–H and O–H groups in total. The van der Waals surface area contributed by atoms with Crippen molar-refractivity contribution in [3.63, 3.8) is 0 Å². The van der Waals surface area contributed by atoms with Crippen LogP contribution in [0, 0.1) is 5.92 Å². The first-order valence-corrected chi connectivity index (χ1v) is 6.64. The molecule has 15 heavy (non-hydrogen) atoms. The molecule has 1 heterocycles. The van der Waals surface area contributed by atoms with Crippen LogP contribution in [-0.2, 0) is 4.74 Å². The molecule has 1 aliphatic heterocycles. The number of hydrogen-bond acceptors (Lipinski definition) is 2. The third-order valence-electron chi connectivity index (χ3n) is 4.10. The van der Waals surface area contributed by atoms with Gasteiger partial charge in [-0.05, 0) is 26.2 Å². The van der Waals surface area contributed by atoms with Crippen LogP contribution in [0.5, 0.6) is 0 Å². The van der Waals surface area contributed by atoms with Crippen molar-refractivity contribution < 1.29 is 4.74 Å². The first-order chi connectivity index (χ1) is 7.25. The molecule has 2 fully saturated rings. The molecule has 0 aromatic carbocycles. The maximum absolute atomic E-state index is 6.04. The van der Waals surface area contributed by atoms with E-state index in [0.29, 0.717) is 18.2 Å². The lowest BCUT2D eigenvalue weighted by Crippen LogP contribution is -2.50. The first kappa shape index (κ1) is 11.4. The van der Waals surface area contributed by atoms with Crippen LogP contribution < -0.4 is 5.32 Å². The second kappa shape index (κ2) is 5.31. The fourth-order valence-corrected chi connectivity index (χ4v) is 2.89. The van der Waals surface area contributed by atoms with Gasteiger partial charge in [0.2, 0.25) is 0 Å². The minimum atomic E-state index is 0.382. The minimum absolute atomic E-state index is 0.382. The molecule has 0 spiro atoms. The Labute approximate surface area is 93.8 Å². The van der Waals surface area contributed by atoms with E-state index in [0.717, 1.165) is 12.5 Å². The summed E-state index contributed by atoms with van der Waals surface area (Å²) in [6.45, 7) is 5.45. The van der Waals surface area contributed by atoms with E-state index >= 15 is 0 Å². The van der Waals surface area contributed by atoms with Crippen LogP contribution in [0.25, 0.3) is 0 Å². The van der Waals surface area contributed by atoms with Crippen LogP contribution in [0.3, 0.4) is 0 Å². The van der Waals surface area contributed by atoms with Gasteiger partial charge in [-0.3, -0.25) is 0 Å². The Morgan fingerprint density at radius 2 is 1.87 bits per heavy atom. The normalized spacial score (nSPS) is 39.2. The molecule has 0 bridgehead atoms. The fourth-order valence-electron chi connectivity index (χ4n) is 2.89. The van der Waals surface area contributed by atoms with E-state index in [-0.39, 0.29) is 0 Å². The van der Waals surface area contributed by atoms with Gasteiger partial charge in [0.25, 0.3) is 0 Å². The lowest BCUT2D eigenvalue weighted by Gasteiger charge is -2.36. The molecule has 1 saturated carbocycles. The summed E-state index contributed by atoms with van der Waals surface area (Å²) in [6, 6.07) is 0.521. The van der Waals surface area contributed by atoms with Crippen LogP contribution in [0.15, 0.2) is 0 Å². The molecule has 2 heteroatoms. The van der Waals surface area contributed by atoms with Gasteiger partial charge in [-0.15, -0.1) is 0 Å². The van der Waals surface area contributed by atoms with E-state index in [9.17, 15) is 0 Å². The summed E-state index contributed by atoms with van der Waals surface area (Å²) in [5.74, 6) is 0.936. The van der Waals surface area contributed by atoms with Crippen molar-refractivity contribution in [2.45, 2.75) is 70.6 Å². The molecule has 1 aliphatic carbocycles. The highest BCUT2D eigenvalue weighted by Crippen LogP contribution is 2.29. The Morgan fingerprint density at radius 3 is 2.53 bits per heavy atom. The van der Waals surface area contributed by atoms with Crippen molar-refractivity contribution in [1.29, 1.82) is 0 Å². The van der Waals surface area contributed by atoms with Crippen LogP contribution in [0.2, 0.25) is 0 Å². The van der Waals surface area contributed by atoms with E-state index < -0.39 is 0 Å². The van der Waals surface area contributed by atoms with E-state index in [1.165, 1.54) is 38.5 Å². The lowest BCUT2D eigenvalue weighted by atomic mass is 9.85. The zero-order chi connectivity index (χ0) is 10.7. The third-order valence-corrected chi connectivity index (χ3v) is 4.10. The number of nitrogens with one attached hydrogen (secondary N) is 1. The largest absolute Gasteiger partial charge is 0.372 e. The number of morpholine rings is 1. The second-order valence-electron chi connectivity index (χ2n) is 5.40. The maximum Gasteiger partial charge on any atom is 0.0706 e. The summed E-state index contributed by atoms with van der Waals surface area (Å²) in [5, 5.41) is 3.55. The maximum atomic E-state index is 6.04. The average molecular weight is 211 g/mol. The first-order valence-electron chi connectivity index (χ1n) is 6.64. The summed E-state index contributed by atoms with van der Waals surface area (Å²) in [5.41, 5.74) is 0. The van der Waals surface area contributed by atoms with Gasteiger partial charge in [0.05, 0.1) is 12.2 Å². The van der Waals surface area contributed by atoms with Crippen molar-refractivity contribution in [3.05, 3.63) is 0 Å². The van der Waals surface area contributed by atoms with Crippen molar-refractivity contribution in [2.24, 2.45) is 5.92 Å². The Balaban J connectivity index is 1.74. The molecule has 2 aliphatic rings. The summed E-state index contributed by atoms with van der Waals surface area (Å²) in [7, 11) is 0. The summed E-state index contributed by atoms with van der Waals surface area (Å²) in [6.07, 6.45) is 9.34. The van der Waals surface area contributed by atoms with E-state index in [1.54, 1.807) is 0 Å². The highest BCUT2D eigenvalue weighted by molar-refractivity contribution is 4.81. The Bertz CT molecular complexity index is 189. The standard InChI is InChI=1S/C13H25NO/c1-10-11(2)15-13(9-14-10)8-12-6-4-3-5-7-12/h10-14H,3-9H2,1-2H3. The van der Waals surface area contributed by atoms with Crippen molar-refractivity contribution in [3.8, 4) is 0 Å². The Hall–Kier alpha value is -0.0800. The molecule has 88 valence electrons. The minimum Gasteiger partial charge on any atom is -0.372 e. The smallest absolute Gasteiger partial charge is 0.0706 e. The molecule has 2 rings (SSSR count). The highest BCUT2D eigenvalue weighted by Gasteiger charge is 2.27. The number of ether oxygens (including phenoxy) is 1. The quantitative estimate of drug-likeness (QED) is 0.758. The van der Waals surface area contributed by atoms with Gasteiger partial charge >= 0.3 is 0 Å². The van der Waals surface area contributed by atoms with Crippen LogP contribution >= 0.6 is 0 Å². The van der Waals surface area contributed by atoms with E-state index in [2.05, 4.69) is 19.2 Å². The summed E-state index contributed by atoms with van der Waals surface area (Å²) in [4.78, 5) is 0. The molecular weight excluding hydrogens is 186 g/mol. The Kier molecular flexibility index (Phi) is 4.04. The molecule has 3 atom stereocenters. The lowest BCUT2D eigenvalue weighted by molar-refractivity contribution is -0.0604. The summed E-state index contributed by atoms with van der Waals surface area (Å²) >= 11 is 0. The van der Waals surface area contributed by atoms with Gasteiger partial charge in [-0.2, -0.15) is 0 Å². The predicted molar refractivity (Wildman–Crippen MR) is 63.0 cm³/mol. The van der Waals surface area contributed by atoms with Gasteiger partial charge in [0.1, 0.15) is 0 Å². The van der Waals surface area contributed by atoms with E-state index in [4.69, 9.17) is 4.74 Å². The van der Waals surface area contributed by atoms with Gasteiger partial charge in [0.15, 0.2) is 0 Å². The SMILES string of the molecule is CC1NCC(CC2CCCCC2)OC1C. The van der Waals surface area contributed by atoms with Crippen molar-refractivity contribution in [1.82, 2.24) is 5.32 Å². The zero-order valence-electron chi connectivity index (χ0n) is 10.2. The molecule has 2 nitrogen and oxygen atoms in total. The monoisotopic (exact) mass is 211 g/mol. The second-order valence-corrected chi connectivity index (χ2v) is 5.40. The van der Waals surface area contributed by atoms with Crippen molar-refractivity contribution in [2.75, 3.05) is 6.54 Å². The molecule has 0 radical (unpaired) electrons. The number of hydrogen-bond donors (Lipinski definition) is 1. The van der Waals surface area contributed by atoms with Crippen LogP contribution in [0.1, 0.15) is 52.4 Å². The Morgan fingerprint density at radius 1 is 1.13 bits per heavy atom. The third kappa shape index (κ3) is 3.18. The zero-order valence-corrected chi connectivity index (χ0v) is 10.2. The van der Waals surface area contributed by atoms with Crippen molar-refractivity contribution >= 4 is 0 Å². The average Bonchev–Trinajstić information content (AvgIpc) is 2.25. The fraction of sp³-hybridized carbons (Fsp3) is 1.00. The van der Waals surface area contributed by atoms with Gasteiger partial charge < -0.3 is 10.1 Å². The highest BCUT2D eigenvalue weighted by atomic mass is 16.5. The van der Waals surface area contributed by atoms with Gasteiger partial charge in [-0.1, -0.05) is 32.1 Å². The topological polar surface area (TPSA) is 21.3 Å². The van der Waals surface area contributed by atoms with Gasteiger partial charge in [-0.25, -0.2) is 0 Å². The molecule has 0 aromatic rings. The molecule has 3 unspecified atom stereocenters. The van der Waals surface area contributed by atoms with Gasteiger partial charge in [0, 0.05) is 12.6 Å². The van der Waals surface area contributed by atoms with Crippen LogP contribution in [0.4, 0.5) is 0 Å². The van der Waals surface area contributed by atoms with E-state index in [1.807, 2.05) is 0 Å². The molecule has 0 aromatic heterocycles. The molecular formula is C13H25NO. The van der Waals surface area contributed by atoms with Crippen LogP contribution in [-0.4, -0.2) is 24.8 Å².